The van der Waals surface area contributed by atoms with Crippen LogP contribution in [0.25, 0.3) is 0 Å². The molecule has 0 aromatic rings. The van der Waals surface area contributed by atoms with E-state index in [4.69, 9.17) is 43.3 Å². The SMILES string of the molecule is CCO[Si](CCC[Si](C)(O[Si](C)(CCCCCCCCC1C=CC(=O)O1)O[Si](C)(C)C)O[Si](C)(CCC[Si](C)(C)C)O[Si](C)(CCCOCCO)O[Si](C)(C)C)(OCC)OCC. The molecular weight excluding hydrogens is 921 g/mol. The first kappa shape index (κ1) is 60.6. The summed E-state index contributed by atoms with van der Waals surface area (Å²) in [5.74, 6) is -0.222. The van der Waals surface area contributed by atoms with E-state index in [1.54, 1.807) is 0 Å². The number of unbranched alkanes of at least 4 members (excludes halogenated alkanes) is 5. The number of ether oxygens (including phenoxy) is 2. The summed E-state index contributed by atoms with van der Waals surface area (Å²) in [5.41, 5.74) is 0. The zero-order valence-electron chi connectivity index (χ0n) is 42.7. The molecule has 0 aromatic heterocycles. The van der Waals surface area contributed by atoms with Crippen molar-refractivity contribution < 1.29 is 53.2 Å². The molecule has 0 bridgehead atoms. The summed E-state index contributed by atoms with van der Waals surface area (Å²) in [6.07, 6.45) is 13.6. The summed E-state index contributed by atoms with van der Waals surface area (Å²) in [7, 11) is -19.8. The Balaban J connectivity index is 3.58. The molecule has 1 heterocycles. The molecule has 1 aliphatic heterocycles. The first-order valence-electron chi connectivity index (χ1n) is 24.2. The Kier molecular flexibility index (Phi) is 28.1. The standard InChI is InChI=1S/C42H96O12Si8/c1-17-46-62(47-18-2,48-19-3)40-28-39-61(16,52-58(13,50-56(7,8)9)36-25-23-21-20-22-24-29-41-30-31-42(44)49-41)54-60(15,38-27-35-55(4,5)6)53-59(14,51-57(10,11)12)37-26-33-45-34-32-43/h30-31,41,43H,17-29,32-40H2,1-16H3. The third kappa shape index (κ3) is 28.0. The summed E-state index contributed by atoms with van der Waals surface area (Å²) in [4.78, 5) is 11.4. The second kappa shape index (κ2) is 28.8. The van der Waals surface area contributed by atoms with Crippen LogP contribution in [0.1, 0.15) is 85.0 Å². The van der Waals surface area contributed by atoms with Gasteiger partial charge in [0.15, 0.2) is 16.6 Å². The molecule has 20 heteroatoms. The van der Waals surface area contributed by atoms with Crippen molar-refractivity contribution in [3.63, 3.8) is 0 Å². The Morgan fingerprint density at radius 2 is 0.935 bits per heavy atom. The van der Waals surface area contributed by atoms with Gasteiger partial charge in [0.25, 0.3) is 0 Å². The average Bonchev–Trinajstić information content (AvgIpc) is 3.51. The van der Waals surface area contributed by atoms with Crippen LogP contribution >= 0.6 is 0 Å². The zero-order valence-corrected chi connectivity index (χ0v) is 50.7. The third-order valence-electron chi connectivity index (χ3n) is 10.3. The van der Waals surface area contributed by atoms with Gasteiger partial charge in [0.1, 0.15) is 6.10 Å². The molecule has 12 nitrogen and oxygen atoms in total. The molecular formula is C42H96O12Si8. The summed E-state index contributed by atoms with van der Waals surface area (Å²) >= 11 is 0. The number of aliphatic hydroxyl groups is 1. The van der Waals surface area contributed by atoms with E-state index in [2.05, 4.69) is 85.1 Å². The molecule has 0 aliphatic carbocycles. The number of carbonyl (C=O) groups is 1. The fourth-order valence-electron chi connectivity index (χ4n) is 8.45. The predicted octanol–water partition coefficient (Wildman–Crippen LogP) is 11.8. The molecule has 368 valence electrons. The minimum atomic E-state index is -3.05. The molecule has 62 heavy (non-hydrogen) atoms. The van der Waals surface area contributed by atoms with E-state index in [0.29, 0.717) is 39.1 Å². The van der Waals surface area contributed by atoms with Crippen LogP contribution in [0.3, 0.4) is 0 Å². The number of cyclic esters (lactones) is 1. The van der Waals surface area contributed by atoms with Crippen LogP contribution in [0.15, 0.2) is 12.2 Å². The quantitative estimate of drug-likeness (QED) is 0.0357. The van der Waals surface area contributed by atoms with Crippen LogP contribution in [0.2, 0.25) is 121 Å². The van der Waals surface area contributed by atoms with Gasteiger partial charge in [-0.25, -0.2) is 4.79 Å². The molecule has 0 aromatic carbocycles. The Bertz CT molecular complexity index is 1250. The summed E-state index contributed by atoms with van der Waals surface area (Å²) < 4.78 is 67.5. The van der Waals surface area contributed by atoms with Crippen molar-refractivity contribution in [3.8, 4) is 0 Å². The highest BCUT2D eigenvalue weighted by Crippen LogP contribution is 2.37. The third-order valence-corrected chi connectivity index (χ3v) is 39.1. The fraction of sp³-hybridized carbons (Fsp3) is 0.929. The van der Waals surface area contributed by atoms with Gasteiger partial charge in [0, 0.05) is 46.6 Å². The van der Waals surface area contributed by atoms with Gasteiger partial charge in [-0.15, -0.1) is 0 Å². The van der Waals surface area contributed by atoms with Gasteiger partial charge in [0.05, 0.1) is 13.2 Å². The van der Waals surface area contributed by atoms with Crippen molar-refractivity contribution in [2.75, 3.05) is 39.6 Å². The largest absolute Gasteiger partial charge is 0.500 e. The van der Waals surface area contributed by atoms with Gasteiger partial charge in [-0.3, -0.25) is 0 Å². The first-order valence-corrected chi connectivity index (χ1v) is 46.7. The van der Waals surface area contributed by atoms with E-state index in [1.807, 2.05) is 26.8 Å². The van der Waals surface area contributed by atoms with Crippen molar-refractivity contribution in [1.82, 2.24) is 0 Å². The minimum absolute atomic E-state index is 0.0161. The van der Waals surface area contributed by atoms with Crippen LogP contribution in [0, 0.1) is 0 Å². The molecule has 0 radical (unpaired) electrons. The number of hydrogen-bond donors (Lipinski definition) is 1. The van der Waals surface area contributed by atoms with E-state index in [0.717, 1.165) is 88.4 Å². The Morgan fingerprint density at radius 1 is 0.516 bits per heavy atom. The van der Waals surface area contributed by atoms with Crippen LogP contribution in [-0.2, 0) is 48.1 Å². The first-order chi connectivity index (χ1) is 28.7. The number of hydrogen-bond acceptors (Lipinski definition) is 12. The highest BCUT2D eigenvalue weighted by Gasteiger charge is 2.53. The summed E-state index contributed by atoms with van der Waals surface area (Å²) in [5, 5.41) is 9.33. The van der Waals surface area contributed by atoms with Crippen LogP contribution in [0.4, 0.5) is 0 Å². The molecule has 5 atom stereocenters. The van der Waals surface area contributed by atoms with Gasteiger partial charge in [-0.05, 0) is 142 Å². The predicted molar refractivity (Wildman–Crippen MR) is 275 cm³/mol. The molecule has 0 saturated heterocycles. The molecule has 0 fully saturated rings. The Morgan fingerprint density at radius 3 is 1.35 bits per heavy atom. The van der Waals surface area contributed by atoms with Gasteiger partial charge >= 0.3 is 49.0 Å². The normalized spacial score (nSPS) is 19.2. The van der Waals surface area contributed by atoms with E-state index in [1.165, 1.54) is 12.1 Å². The maximum Gasteiger partial charge on any atom is 0.500 e. The summed E-state index contributed by atoms with van der Waals surface area (Å²) in [6.45, 7) is 38.6. The fourth-order valence-corrected chi connectivity index (χ4v) is 43.1. The lowest BCUT2D eigenvalue weighted by Gasteiger charge is -2.47. The number of rotatable bonds is 39. The van der Waals surface area contributed by atoms with Crippen molar-refractivity contribution >= 4 is 73.7 Å². The van der Waals surface area contributed by atoms with Crippen LogP contribution in [-0.4, -0.2) is 125 Å². The molecule has 1 N–H and O–H groups in total. The highest BCUT2D eigenvalue weighted by atomic mass is 28.5. The van der Waals surface area contributed by atoms with Gasteiger partial charge < -0.3 is 48.4 Å². The van der Waals surface area contributed by atoms with E-state index >= 15 is 0 Å². The second-order valence-corrected chi connectivity index (χ2v) is 52.9. The maximum atomic E-state index is 11.4. The number of esters is 1. The van der Waals surface area contributed by atoms with E-state index in [9.17, 15) is 9.90 Å². The van der Waals surface area contributed by atoms with E-state index in [-0.39, 0.29) is 18.7 Å². The highest BCUT2D eigenvalue weighted by molar-refractivity contribution is 6.92. The average molecular weight is 1020 g/mol. The zero-order chi connectivity index (χ0) is 47.2. The lowest BCUT2D eigenvalue weighted by atomic mass is 10.1. The van der Waals surface area contributed by atoms with Crippen LogP contribution in [0.5, 0.6) is 0 Å². The monoisotopic (exact) mass is 1020 g/mol. The number of carbonyl (C=O) groups excluding carboxylic acids is 1. The number of aliphatic hydroxyl groups excluding tert-OH is 1. The van der Waals surface area contributed by atoms with Crippen molar-refractivity contribution in [2.45, 2.75) is 212 Å². The molecule has 0 spiro atoms. The van der Waals surface area contributed by atoms with Gasteiger partial charge in [-0.1, -0.05) is 64.2 Å². The minimum Gasteiger partial charge on any atom is -0.455 e. The smallest absolute Gasteiger partial charge is 0.455 e. The van der Waals surface area contributed by atoms with Gasteiger partial charge in [0.2, 0.25) is 0 Å². The maximum absolute atomic E-state index is 11.4. The van der Waals surface area contributed by atoms with Crippen LogP contribution < -0.4 is 0 Å². The van der Waals surface area contributed by atoms with Crippen molar-refractivity contribution in [3.05, 3.63) is 12.2 Å². The van der Waals surface area contributed by atoms with E-state index < -0.39 is 67.8 Å². The lowest BCUT2D eigenvalue weighted by molar-refractivity contribution is -0.138. The summed E-state index contributed by atoms with van der Waals surface area (Å²) in [6, 6.07) is 5.23. The second-order valence-electron chi connectivity index (χ2n) is 21.0. The molecule has 0 saturated carbocycles. The molecule has 1 rings (SSSR count). The Labute approximate surface area is 389 Å². The van der Waals surface area contributed by atoms with Crippen molar-refractivity contribution in [2.24, 2.45) is 0 Å². The molecule has 1 aliphatic rings. The van der Waals surface area contributed by atoms with Gasteiger partial charge in [-0.2, -0.15) is 0 Å². The topological polar surface area (TPSA) is 130 Å². The molecule has 5 unspecified atom stereocenters. The molecule has 0 amide bonds. The Hall–Kier alpha value is 0.545. The lowest BCUT2D eigenvalue weighted by Crippen LogP contribution is -2.62. The van der Waals surface area contributed by atoms with Crippen molar-refractivity contribution in [1.29, 1.82) is 0 Å².